The van der Waals surface area contributed by atoms with Gasteiger partial charge < -0.3 is 15.4 Å². The van der Waals surface area contributed by atoms with Crippen LogP contribution >= 0.6 is 23.3 Å². The number of thiophene rings is 1. The largest absolute Gasteiger partial charge is 0.366 e. The van der Waals surface area contributed by atoms with Crippen LogP contribution in [0.2, 0.25) is 0 Å². The number of amides is 1. The quantitative estimate of drug-likeness (QED) is 0.151. The van der Waals surface area contributed by atoms with Crippen molar-refractivity contribution in [1.29, 1.82) is 0 Å². The molecule has 2 aromatic heterocycles. The molecule has 0 spiro atoms. The Morgan fingerprint density at radius 2 is 2.00 bits per heavy atom. The summed E-state index contributed by atoms with van der Waals surface area (Å²) in [6.07, 6.45) is 1.27. The second-order valence-corrected chi connectivity index (χ2v) is 9.25. The van der Waals surface area contributed by atoms with Crippen LogP contribution in [0, 0.1) is 17.5 Å². The Balaban J connectivity index is 1.58. The van der Waals surface area contributed by atoms with Crippen molar-refractivity contribution in [2.45, 2.75) is 38.2 Å². The SMILES string of the molecule is CCCSNc1cc(F)c(F)c(NC(=O)c2csc3c(NC4CC(F)(F)C4)ncnc23)c1F. The molecule has 6 nitrogen and oxygen atoms in total. The maximum Gasteiger partial charge on any atom is 0.258 e. The van der Waals surface area contributed by atoms with Crippen molar-refractivity contribution < 1.29 is 26.7 Å². The smallest absolute Gasteiger partial charge is 0.258 e. The summed E-state index contributed by atoms with van der Waals surface area (Å²) in [5.74, 6) is -6.74. The van der Waals surface area contributed by atoms with E-state index in [-0.39, 0.29) is 35.4 Å². The van der Waals surface area contributed by atoms with E-state index < -0.39 is 41.0 Å². The van der Waals surface area contributed by atoms with Crippen molar-refractivity contribution in [1.82, 2.24) is 9.97 Å². The molecule has 33 heavy (non-hydrogen) atoms. The fourth-order valence-corrected chi connectivity index (χ4v) is 4.83. The number of hydrogen-bond donors (Lipinski definition) is 3. The van der Waals surface area contributed by atoms with Crippen molar-refractivity contribution >= 4 is 56.6 Å². The van der Waals surface area contributed by atoms with Crippen LogP contribution in [0.4, 0.5) is 39.1 Å². The summed E-state index contributed by atoms with van der Waals surface area (Å²) in [6.45, 7) is 1.90. The number of halogens is 5. The number of rotatable bonds is 8. The molecule has 1 aliphatic carbocycles. The molecule has 2 heterocycles. The Morgan fingerprint density at radius 1 is 1.24 bits per heavy atom. The van der Waals surface area contributed by atoms with Crippen molar-refractivity contribution in [3.63, 3.8) is 0 Å². The van der Waals surface area contributed by atoms with Gasteiger partial charge in [-0.05, 0) is 6.42 Å². The average Bonchev–Trinajstić information content (AvgIpc) is 3.19. The lowest BCUT2D eigenvalue weighted by Gasteiger charge is -2.35. The van der Waals surface area contributed by atoms with Crippen molar-refractivity contribution in [3.8, 4) is 0 Å². The first-order valence-electron chi connectivity index (χ1n) is 9.93. The average molecular weight is 504 g/mol. The highest BCUT2D eigenvalue weighted by molar-refractivity contribution is 8.00. The molecule has 13 heteroatoms. The molecule has 0 radical (unpaired) electrons. The molecule has 176 valence electrons. The zero-order chi connectivity index (χ0) is 23.8. The molecule has 1 saturated carbocycles. The minimum atomic E-state index is -2.72. The monoisotopic (exact) mass is 503 g/mol. The molecular weight excluding hydrogens is 485 g/mol. The van der Waals surface area contributed by atoms with E-state index in [1.54, 1.807) is 0 Å². The topological polar surface area (TPSA) is 78.9 Å². The number of benzene rings is 1. The van der Waals surface area contributed by atoms with E-state index in [1.165, 1.54) is 5.38 Å². The van der Waals surface area contributed by atoms with E-state index >= 15 is 0 Å². The van der Waals surface area contributed by atoms with Gasteiger partial charge in [0.05, 0.1) is 21.5 Å². The van der Waals surface area contributed by atoms with E-state index in [0.29, 0.717) is 16.5 Å². The van der Waals surface area contributed by atoms with Gasteiger partial charge >= 0.3 is 0 Å². The van der Waals surface area contributed by atoms with Gasteiger partial charge in [0, 0.05) is 36.1 Å². The van der Waals surface area contributed by atoms with E-state index in [1.807, 2.05) is 6.92 Å². The number of alkyl halides is 2. The molecule has 0 atom stereocenters. The van der Waals surface area contributed by atoms with Gasteiger partial charge in [0.1, 0.15) is 17.8 Å². The Morgan fingerprint density at radius 3 is 2.70 bits per heavy atom. The normalized spacial score (nSPS) is 15.3. The summed E-state index contributed by atoms with van der Waals surface area (Å²) in [4.78, 5) is 20.9. The fraction of sp³-hybridized carbons (Fsp3) is 0.350. The third-order valence-corrected chi connectivity index (χ3v) is 6.86. The first-order valence-corrected chi connectivity index (χ1v) is 11.8. The molecule has 3 aromatic rings. The predicted octanol–water partition coefficient (Wildman–Crippen LogP) is 6.04. The maximum absolute atomic E-state index is 14.8. The third kappa shape index (κ3) is 4.83. The molecule has 1 fully saturated rings. The van der Waals surface area contributed by atoms with Crippen LogP contribution in [0.1, 0.15) is 36.5 Å². The minimum Gasteiger partial charge on any atom is -0.366 e. The van der Waals surface area contributed by atoms with Crippen LogP contribution < -0.4 is 15.4 Å². The zero-order valence-corrected chi connectivity index (χ0v) is 18.8. The number of hydrogen-bond acceptors (Lipinski definition) is 7. The van der Waals surface area contributed by atoms with E-state index in [9.17, 15) is 26.7 Å². The number of carbonyl (C=O) groups is 1. The maximum atomic E-state index is 14.8. The highest BCUT2D eigenvalue weighted by Crippen LogP contribution is 2.40. The van der Waals surface area contributed by atoms with E-state index in [2.05, 4.69) is 25.3 Å². The molecule has 3 N–H and O–H groups in total. The summed E-state index contributed by atoms with van der Waals surface area (Å²) in [5.41, 5.74) is -1.07. The van der Waals surface area contributed by atoms with E-state index in [4.69, 9.17) is 0 Å². The number of nitrogens with one attached hydrogen (secondary N) is 3. The summed E-state index contributed by atoms with van der Waals surface area (Å²) < 4.78 is 72.4. The van der Waals surface area contributed by atoms with Gasteiger partial charge in [-0.15, -0.1) is 11.3 Å². The van der Waals surface area contributed by atoms with Crippen molar-refractivity contribution in [2.75, 3.05) is 21.1 Å². The molecule has 0 unspecified atom stereocenters. The highest BCUT2D eigenvalue weighted by Gasteiger charge is 2.45. The van der Waals surface area contributed by atoms with Crippen LogP contribution in [-0.4, -0.2) is 33.6 Å². The Hall–Kier alpha value is -2.67. The molecule has 4 rings (SSSR count). The van der Waals surface area contributed by atoms with Gasteiger partial charge in [-0.1, -0.05) is 18.9 Å². The predicted molar refractivity (Wildman–Crippen MR) is 120 cm³/mol. The van der Waals surface area contributed by atoms with Crippen LogP contribution in [0.3, 0.4) is 0 Å². The standard InChI is InChI=1S/C20H18F5N5OS2/c1-2-3-33-30-12-4-11(21)13(22)16(14(12)23)29-19(31)10-7-32-17-15(10)26-8-27-18(17)28-9-5-20(24,25)6-9/h4,7-9,30H,2-3,5-6H2,1H3,(H,29,31)(H,26,27,28). The molecule has 1 aromatic carbocycles. The molecule has 0 aliphatic heterocycles. The van der Waals surface area contributed by atoms with Gasteiger partial charge in [0.15, 0.2) is 17.5 Å². The van der Waals surface area contributed by atoms with Crippen molar-refractivity contribution in [3.05, 3.63) is 40.8 Å². The van der Waals surface area contributed by atoms with Gasteiger partial charge in [-0.3, -0.25) is 4.79 Å². The Bertz CT molecular complexity index is 1200. The Labute approximate surface area is 193 Å². The van der Waals surface area contributed by atoms with Crippen molar-refractivity contribution in [2.24, 2.45) is 0 Å². The molecule has 0 saturated heterocycles. The number of fused-ring (bicyclic) bond motifs is 1. The van der Waals surface area contributed by atoms with E-state index in [0.717, 1.165) is 36.0 Å². The van der Waals surface area contributed by atoms with Gasteiger partial charge in [0.25, 0.3) is 11.8 Å². The second kappa shape index (κ2) is 9.29. The Kier molecular flexibility index (Phi) is 6.61. The van der Waals surface area contributed by atoms with Gasteiger partial charge in [0.2, 0.25) is 0 Å². The minimum absolute atomic E-state index is 0.0164. The second-order valence-electron chi connectivity index (χ2n) is 7.47. The van der Waals surface area contributed by atoms with Crippen LogP contribution in [0.15, 0.2) is 17.8 Å². The lowest BCUT2D eigenvalue weighted by molar-refractivity contribution is -0.0793. The highest BCUT2D eigenvalue weighted by atomic mass is 32.2. The summed E-state index contributed by atoms with van der Waals surface area (Å²) in [6, 6.07) is 0.211. The first kappa shape index (κ1) is 23.5. The zero-order valence-electron chi connectivity index (χ0n) is 17.1. The number of aromatic nitrogens is 2. The molecule has 0 bridgehead atoms. The summed E-state index contributed by atoms with van der Waals surface area (Å²) >= 11 is 2.19. The van der Waals surface area contributed by atoms with Crippen LogP contribution in [0.5, 0.6) is 0 Å². The third-order valence-electron chi connectivity index (χ3n) is 4.91. The summed E-state index contributed by atoms with van der Waals surface area (Å²) in [7, 11) is 0. The number of nitrogens with zero attached hydrogens (tertiary/aromatic N) is 2. The molecule has 1 aliphatic rings. The number of carbonyl (C=O) groups excluding carboxylic acids is 1. The van der Waals surface area contributed by atoms with Gasteiger partial charge in [-0.2, -0.15) is 0 Å². The van der Waals surface area contributed by atoms with Crippen LogP contribution in [0.25, 0.3) is 10.2 Å². The molecular formula is C20H18F5N5OS2. The fourth-order valence-electron chi connectivity index (χ4n) is 3.27. The first-order chi connectivity index (χ1) is 15.7. The van der Waals surface area contributed by atoms with Gasteiger partial charge in [-0.25, -0.2) is 31.9 Å². The lowest BCUT2D eigenvalue weighted by Crippen LogP contribution is -2.44. The molecule has 1 amide bonds. The van der Waals surface area contributed by atoms with Crippen LogP contribution in [-0.2, 0) is 0 Å². The number of anilines is 3. The lowest BCUT2D eigenvalue weighted by atomic mass is 9.88. The summed E-state index contributed by atoms with van der Waals surface area (Å²) in [5, 5.41) is 6.39.